The summed E-state index contributed by atoms with van der Waals surface area (Å²) in [5.74, 6) is 0.0727. The zero-order valence-electron chi connectivity index (χ0n) is 14.6. The lowest BCUT2D eigenvalue weighted by Crippen LogP contribution is -2.50. The highest BCUT2D eigenvalue weighted by molar-refractivity contribution is 5.97. The summed E-state index contributed by atoms with van der Waals surface area (Å²) >= 11 is 0. The molecule has 1 unspecified atom stereocenters. The van der Waals surface area contributed by atoms with Gasteiger partial charge >= 0.3 is 5.69 Å². The number of nitrogens with zero attached hydrogens (tertiary/aromatic N) is 2. The Balaban J connectivity index is 1.49. The topological polar surface area (TPSA) is 72.2 Å². The average Bonchev–Trinajstić information content (AvgIpc) is 2.83. The van der Waals surface area contributed by atoms with E-state index in [1.807, 2.05) is 11.0 Å². The molecule has 1 atom stereocenters. The molecular formula is C19H26N4O2. The molecule has 2 aromatic rings. The number of likely N-dealkylation sites (tertiary alicyclic amines) is 2. The number of benzene rings is 1. The molecule has 2 N–H and O–H groups in total. The van der Waals surface area contributed by atoms with E-state index in [2.05, 4.69) is 14.9 Å². The van der Waals surface area contributed by atoms with Crippen LogP contribution in [0.2, 0.25) is 0 Å². The van der Waals surface area contributed by atoms with E-state index in [0.717, 1.165) is 25.0 Å². The van der Waals surface area contributed by atoms with Gasteiger partial charge in [-0.1, -0.05) is 12.8 Å². The van der Waals surface area contributed by atoms with E-state index in [4.69, 9.17) is 0 Å². The van der Waals surface area contributed by atoms with Gasteiger partial charge in [0.25, 0.3) is 5.91 Å². The number of piperidine rings is 1. The van der Waals surface area contributed by atoms with Crippen LogP contribution < -0.4 is 5.69 Å². The molecule has 25 heavy (non-hydrogen) atoms. The predicted molar refractivity (Wildman–Crippen MR) is 97.9 cm³/mol. The van der Waals surface area contributed by atoms with Crippen molar-refractivity contribution in [2.24, 2.45) is 0 Å². The van der Waals surface area contributed by atoms with Crippen LogP contribution in [-0.4, -0.2) is 57.9 Å². The van der Waals surface area contributed by atoms with Gasteiger partial charge in [0.2, 0.25) is 0 Å². The van der Waals surface area contributed by atoms with Gasteiger partial charge in [-0.25, -0.2) is 4.79 Å². The maximum Gasteiger partial charge on any atom is 0.323 e. The fraction of sp³-hybridized carbons (Fsp3) is 0.579. The van der Waals surface area contributed by atoms with Crippen LogP contribution in [0.15, 0.2) is 23.0 Å². The Morgan fingerprint density at radius 3 is 2.52 bits per heavy atom. The number of aromatic nitrogens is 2. The normalized spacial score (nSPS) is 22.9. The minimum atomic E-state index is -0.237. The summed E-state index contributed by atoms with van der Waals surface area (Å²) in [5, 5.41) is 0. The Morgan fingerprint density at radius 1 is 0.960 bits per heavy atom. The molecular weight excluding hydrogens is 316 g/mol. The van der Waals surface area contributed by atoms with Gasteiger partial charge in [-0.05, 0) is 57.0 Å². The van der Waals surface area contributed by atoms with Crippen LogP contribution in [0.1, 0.15) is 48.9 Å². The largest absolute Gasteiger partial charge is 0.337 e. The van der Waals surface area contributed by atoms with Gasteiger partial charge in [0.05, 0.1) is 11.0 Å². The molecule has 1 aromatic heterocycles. The highest BCUT2D eigenvalue weighted by atomic mass is 16.2. The Bertz CT molecular complexity index is 801. The molecule has 0 saturated carbocycles. The SMILES string of the molecule is O=C(c1ccc2[nH]c(=O)[nH]c2c1)N1CCCC(N2CCCCCC2)C1. The Kier molecular flexibility index (Phi) is 4.61. The summed E-state index contributed by atoms with van der Waals surface area (Å²) in [6, 6.07) is 5.89. The van der Waals surface area contributed by atoms with Crippen molar-refractivity contribution >= 4 is 16.9 Å². The number of aromatic amines is 2. The van der Waals surface area contributed by atoms with Gasteiger partial charge in [0, 0.05) is 24.7 Å². The van der Waals surface area contributed by atoms with Crippen molar-refractivity contribution in [1.82, 2.24) is 19.8 Å². The van der Waals surface area contributed by atoms with Crippen molar-refractivity contribution in [3.63, 3.8) is 0 Å². The van der Waals surface area contributed by atoms with Crippen molar-refractivity contribution in [2.45, 2.75) is 44.6 Å². The van der Waals surface area contributed by atoms with Crippen LogP contribution in [0.3, 0.4) is 0 Å². The number of rotatable bonds is 2. The van der Waals surface area contributed by atoms with Gasteiger partial charge in [0.15, 0.2) is 0 Å². The molecule has 6 nitrogen and oxygen atoms in total. The van der Waals surface area contributed by atoms with Gasteiger partial charge in [-0.3, -0.25) is 9.69 Å². The molecule has 134 valence electrons. The summed E-state index contributed by atoms with van der Waals surface area (Å²) in [5.41, 5.74) is 1.85. The fourth-order valence-electron chi connectivity index (χ4n) is 4.25. The summed E-state index contributed by atoms with van der Waals surface area (Å²) in [6.45, 7) is 3.98. The number of carbonyl (C=O) groups excluding carboxylic acids is 1. The first kappa shape index (κ1) is 16.4. The highest BCUT2D eigenvalue weighted by Crippen LogP contribution is 2.22. The monoisotopic (exact) mass is 342 g/mol. The number of hydrogen-bond acceptors (Lipinski definition) is 3. The van der Waals surface area contributed by atoms with Crippen molar-refractivity contribution in [1.29, 1.82) is 0 Å². The lowest BCUT2D eigenvalue weighted by atomic mass is 10.0. The molecule has 0 bridgehead atoms. The van der Waals surface area contributed by atoms with Crippen LogP contribution in [0.25, 0.3) is 11.0 Å². The minimum Gasteiger partial charge on any atom is -0.337 e. The second-order valence-electron chi connectivity index (χ2n) is 7.34. The van der Waals surface area contributed by atoms with Gasteiger partial charge in [0.1, 0.15) is 0 Å². The maximum absolute atomic E-state index is 13.0. The molecule has 2 saturated heterocycles. The van der Waals surface area contributed by atoms with Crippen LogP contribution in [0.5, 0.6) is 0 Å². The molecule has 2 aliphatic heterocycles. The Morgan fingerprint density at radius 2 is 1.72 bits per heavy atom. The van der Waals surface area contributed by atoms with Crippen molar-refractivity contribution in [2.75, 3.05) is 26.2 Å². The summed E-state index contributed by atoms with van der Waals surface area (Å²) in [6.07, 6.45) is 7.48. The smallest absolute Gasteiger partial charge is 0.323 e. The predicted octanol–water partition coefficient (Wildman–Crippen LogP) is 2.34. The van der Waals surface area contributed by atoms with E-state index in [1.165, 1.54) is 45.2 Å². The third-order valence-corrected chi connectivity index (χ3v) is 5.60. The Labute approximate surface area is 147 Å². The molecule has 1 amide bonds. The molecule has 4 rings (SSSR count). The lowest BCUT2D eigenvalue weighted by Gasteiger charge is -2.39. The van der Waals surface area contributed by atoms with Gasteiger partial charge < -0.3 is 14.9 Å². The molecule has 2 fully saturated rings. The first-order valence-corrected chi connectivity index (χ1v) is 9.46. The molecule has 1 aromatic carbocycles. The second-order valence-corrected chi connectivity index (χ2v) is 7.34. The third kappa shape index (κ3) is 3.49. The van der Waals surface area contributed by atoms with E-state index >= 15 is 0 Å². The molecule has 0 radical (unpaired) electrons. The van der Waals surface area contributed by atoms with Crippen molar-refractivity contribution in [3.05, 3.63) is 34.2 Å². The summed E-state index contributed by atoms with van der Waals surface area (Å²) < 4.78 is 0. The number of carbonyl (C=O) groups is 1. The molecule has 0 spiro atoms. The van der Waals surface area contributed by atoms with E-state index in [-0.39, 0.29) is 11.6 Å². The van der Waals surface area contributed by atoms with Gasteiger partial charge in [-0.2, -0.15) is 0 Å². The number of imidazole rings is 1. The molecule has 3 heterocycles. The second kappa shape index (κ2) is 7.04. The van der Waals surface area contributed by atoms with E-state index < -0.39 is 0 Å². The lowest BCUT2D eigenvalue weighted by molar-refractivity contribution is 0.0579. The van der Waals surface area contributed by atoms with E-state index in [1.54, 1.807) is 12.1 Å². The van der Waals surface area contributed by atoms with Crippen LogP contribution >= 0.6 is 0 Å². The van der Waals surface area contributed by atoms with Gasteiger partial charge in [-0.15, -0.1) is 0 Å². The highest BCUT2D eigenvalue weighted by Gasteiger charge is 2.28. The molecule has 0 aliphatic carbocycles. The number of H-pyrrole nitrogens is 2. The Hall–Kier alpha value is -2.08. The number of amides is 1. The van der Waals surface area contributed by atoms with Crippen molar-refractivity contribution < 1.29 is 4.79 Å². The van der Waals surface area contributed by atoms with Crippen LogP contribution in [0.4, 0.5) is 0 Å². The standard InChI is InChI=1S/C19H26N4O2/c24-18(14-7-8-16-17(12-14)21-19(25)20-16)23-11-5-6-15(13-23)22-9-3-1-2-4-10-22/h7-8,12,15H,1-6,9-11,13H2,(H2,20,21,25). The third-order valence-electron chi connectivity index (χ3n) is 5.60. The van der Waals surface area contributed by atoms with Crippen LogP contribution in [0, 0.1) is 0 Å². The quantitative estimate of drug-likeness (QED) is 0.880. The maximum atomic E-state index is 13.0. The minimum absolute atomic E-state index is 0.0727. The van der Waals surface area contributed by atoms with Crippen LogP contribution in [-0.2, 0) is 0 Å². The van der Waals surface area contributed by atoms with E-state index in [9.17, 15) is 9.59 Å². The first-order valence-electron chi connectivity index (χ1n) is 9.46. The molecule has 6 heteroatoms. The first-order chi connectivity index (χ1) is 12.2. The van der Waals surface area contributed by atoms with E-state index in [0.29, 0.717) is 17.1 Å². The molecule has 2 aliphatic rings. The number of nitrogens with one attached hydrogen (secondary N) is 2. The van der Waals surface area contributed by atoms with Crippen molar-refractivity contribution in [3.8, 4) is 0 Å². The average molecular weight is 342 g/mol. The fourth-order valence-corrected chi connectivity index (χ4v) is 4.25. The number of hydrogen-bond donors (Lipinski definition) is 2. The zero-order chi connectivity index (χ0) is 17.2. The summed E-state index contributed by atoms with van der Waals surface area (Å²) in [7, 11) is 0. The summed E-state index contributed by atoms with van der Waals surface area (Å²) in [4.78, 5) is 34.4. The number of fused-ring (bicyclic) bond motifs is 1. The zero-order valence-corrected chi connectivity index (χ0v) is 14.6.